The van der Waals surface area contributed by atoms with Crippen LogP contribution in [0.1, 0.15) is 24.2 Å². The van der Waals surface area contributed by atoms with Gasteiger partial charge in [-0.05, 0) is 32.0 Å². The minimum absolute atomic E-state index is 0.00644. The molecule has 0 saturated heterocycles. The lowest BCUT2D eigenvalue weighted by molar-refractivity contribution is 0.0802. The molecule has 0 spiro atoms. The zero-order chi connectivity index (χ0) is 13.1. The Hall–Kier alpha value is -2.04. The average molecular weight is 247 g/mol. The Morgan fingerprint density at radius 3 is 2.89 bits per heavy atom. The third-order valence-electron chi connectivity index (χ3n) is 2.81. The van der Waals surface area contributed by atoms with Gasteiger partial charge in [0.2, 0.25) is 0 Å². The Morgan fingerprint density at radius 1 is 1.44 bits per heavy atom. The van der Waals surface area contributed by atoms with Crippen LogP contribution in [-0.2, 0) is 0 Å². The van der Waals surface area contributed by atoms with Gasteiger partial charge in [-0.2, -0.15) is 4.98 Å². The van der Waals surface area contributed by atoms with Gasteiger partial charge in [0, 0.05) is 19.2 Å². The normalized spacial score (nSPS) is 10.6. The first-order chi connectivity index (χ1) is 8.65. The van der Waals surface area contributed by atoms with Crippen molar-refractivity contribution < 1.29 is 9.53 Å². The number of aromatic amines is 1. The quantitative estimate of drug-likeness (QED) is 0.899. The number of imidazole rings is 1. The van der Waals surface area contributed by atoms with E-state index in [1.165, 1.54) is 0 Å². The van der Waals surface area contributed by atoms with Crippen LogP contribution >= 0.6 is 0 Å². The molecule has 0 aliphatic heterocycles. The zero-order valence-corrected chi connectivity index (χ0v) is 10.9. The summed E-state index contributed by atoms with van der Waals surface area (Å²) in [6, 6.07) is 5.90. The number of ether oxygens (including phenoxy) is 1. The van der Waals surface area contributed by atoms with Crippen LogP contribution in [0.3, 0.4) is 0 Å². The van der Waals surface area contributed by atoms with Crippen molar-refractivity contribution in [1.29, 1.82) is 0 Å². The number of carbonyl (C=O) groups excluding carboxylic acids is 1. The lowest BCUT2D eigenvalue weighted by Crippen LogP contribution is -2.26. The lowest BCUT2D eigenvalue weighted by Gasteiger charge is -2.13. The summed E-state index contributed by atoms with van der Waals surface area (Å²) in [7, 11) is 1.78. The molecule has 18 heavy (non-hydrogen) atoms. The summed E-state index contributed by atoms with van der Waals surface area (Å²) in [6.45, 7) is 5.09. The van der Waals surface area contributed by atoms with E-state index in [1.807, 2.05) is 19.9 Å². The van der Waals surface area contributed by atoms with E-state index < -0.39 is 0 Å². The molecule has 0 bridgehead atoms. The second-order valence-corrected chi connectivity index (χ2v) is 4.03. The van der Waals surface area contributed by atoms with Crippen LogP contribution in [0.2, 0.25) is 0 Å². The van der Waals surface area contributed by atoms with Gasteiger partial charge in [-0.1, -0.05) is 0 Å². The Bertz CT molecular complexity index is 562. The number of H-pyrrole nitrogens is 1. The summed E-state index contributed by atoms with van der Waals surface area (Å²) in [5, 5.41) is 0. The number of nitrogens with zero attached hydrogens (tertiary/aromatic N) is 2. The first kappa shape index (κ1) is 12.4. The molecule has 1 aromatic carbocycles. The fourth-order valence-electron chi connectivity index (χ4n) is 1.69. The number of hydrogen-bond acceptors (Lipinski definition) is 3. The third-order valence-corrected chi connectivity index (χ3v) is 2.81. The molecule has 5 heteroatoms. The Balaban J connectivity index is 2.34. The molecule has 1 N–H and O–H groups in total. The Labute approximate surface area is 106 Å². The van der Waals surface area contributed by atoms with Gasteiger partial charge in [0.05, 0.1) is 17.6 Å². The summed E-state index contributed by atoms with van der Waals surface area (Å²) >= 11 is 0. The molecule has 2 rings (SSSR count). The summed E-state index contributed by atoms with van der Waals surface area (Å²) in [5.41, 5.74) is 2.27. The number of aromatic nitrogens is 2. The van der Waals surface area contributed by atoms with Gasteiger partial charge in [-0.25, -0.2) is 0 Å². The van der Waals surface area contributed by atoms with Crippen LogP contribution in [0.4, 0.5) is 0 Å². The van der Waals surface area contributed by atoms with Crippen LogP contribution in [0.25, 0.3) is 11.0 Å². The van der Waals surface area contributed by atoms with Crippen molar-refractivity contribution >= 4 is 16.9 Å². The summed E-state index contributed by atoms with van der Waals surface area (Å²) in [4.78, 5) is 21.0. The maximum atomic E-state index is 12.0. The minimum atomic E-state index is 0.00644. The molecule has 0 aliphatic rings. The van der Waals surface area contributed by atoms with E-state index >= 15 is 0 Å². The zero-order valence-electron chi connectivity index (χ0n) is 10.9. The Kier molecular flexibility index (Phi) is 3.50. The van der Waals surface area contributed by atoms with Gasteiger partial charge in [0.15, 0.2) is 0 Å². The van der Waals surface area contributed by atoms with Gasteiger partial charge in [-0.15, -0.1) is 0 Å². The van der Waals surface area contributed by atoms with E-state index in [-0.39, 0.29) is 5.91 Å². The molecule has 0 radical (unpaired) electrons. The van der Waals surface area contributed by atoms with Crippen LogP contribution < -0.4 is 4.74 Å². The molecular formula is C13H17N3O2. The average Bonchev–Trinajstić information content (AvgIpc) is 2.78. The van der Waals surface area contributed by atoms with Gasteiger partial charge in [0.25, 0.3) is 11.9 Å². The highest BCUT2D eigenvalue weighted by molar-refractivity contribution is 5.97. The topological polar surface area (TPSA) is 58.2 Å². The number of rotatable bonds is 4. The third kappa shape index (κ3) is 2.30. The number of fused-ring (bicyclic) bond motifs is 1. The molecule has 1 heterocycles. The second-order valence-electron chi connectivity index (χ2n) is 4.03. The van der Waals surface area contributed by atoms with Crippen molar-refractivity contribution in [2.45, 2.75) is 13.8 Å². The van der Waals surface area contributed by atoms with Gasteiger partial charge >= 0.3 is 0 Å². The highest BCUT2D eigenvalue weighted by Crippen LogP contribution is 2.18. The van der Waals surface area contributed by atoms with Crippen LogP contribution in [0.15, 0.2) is 18.2 Å². The standard InChI is InChI=1S/C13H17N3O2/c1-4-16(3)12(17)9-6-7-10-11(8-9)15-13(14-10)18-5-2/h6-8H,4-5H2,1-3H3,(H,14,15). The fourth-order valence-corrected chi connectivity index (χ4v) is 1.69. The largest absolute Gasteiger partial charge is 0.465 e. The van der Waals surface area contributed by atoms with Crippen molar-refractivity contribution in [2.75, 3.05) is 20.2 Å². The molecule has 1 aromatic heterocycles. The predicted molar refractivity (Wildman–Crippen MR) is 69.9 cm³/mol. The molecule has 0 fully saturated rings. The second kappa shape index (κ2) is 5.08. The maximum Gasteiger partial charge on any atom is 0.294 e. The number of nitrogens with one attached hydrogen (secondary N) is 1. The molecule has 0 atom stereocenters. The van der Waals surface area contributed by atoms with E-state index in [0.717, 1.165) is 11.0 Å². The molecule has 0 aliphatic carbocycles. The maximum absolute atomic E-state index is 12.0. The highest BCUT2D eigenvalue weighted by atomic mass is 16.5. The summed E-state index contributed by atoms with van der Waals surface area (Å²) < 4.78 is 5.30. The van der Waals surface area contributed by atoms with E-state index in [4.69, 9.17) is 4.74 Å². The monoisotopic (exact) mass is 247 g/mol. The number of carbonyl (C=O) groups is 1. The van der Waals surface area contributed by atoms with Gasteiger partial charge < -0.3 is 14.6 Å². The summed E-state index contributed by atoms with van der Waals surface area (Å²) in [6.07, 6.45) is 0. The van der Waals surface area contributed by atoms with Gasteiger partial charge in [-0.3, -0.25) is 4.79 Å². The van der Waals surface area contributed by atoms with E-state index in [1.54, 1.807) is 24.1 Å². The molecule has 2 aromatic rings. The highest BCUT2D eigenvalue weighted by Gasteiger charge is 2.12. The molecular weight excluding hydrogens is 230 g/mol. The summed E-state index contributed by atoms with van der Waals surface area (Å²) in [5.74, 6) is 0.00644. The van der Waals surface area contributed by atoms with Crippen LogP contribution in [-0.4, -0.2) is 41.0 Å². The molecule has 5 nitrogen and oxygen atoms in total. The van der Waals surface area contributed by atoms with Crippen molar-refractivity contribution in [3.8, 4) is 6.01 Å². The first-order valence-electron chi connectivity index (χ1n) is 6.03. The predicted octanol–water partition coefficient (Wildman–Crippen LogP) is 2.05. The van der Waals surface area contributed by atoms with Crippen LogP contribution in [0.5, 0.6) is 6.01 Å². The van der Waals surface area contributed by atoms with Crippen molar-refractivity contribution in [3.63, 3.8) is 0 Å². The number of benzene rings is 1. The Morgan fingerprint density at radius 2 is 2.22 bits per heavy atom. The van der Waals surface area contributed by atoms with Gasteiger partial charge in [0.1, 0.15) is 0 Å². The fraction of sp³-hybridized carbons (Fsp3) is 0.385. The van der Waals surface area contributed by atoms with Crippen molar-refractivity contribution in [3.05, 3.63) is 23.8 Å². The molecule has 0 unspecified atom stereocenters. The minimum Gasteiger partial charge on any atom is -0.465 e. The number of hydrogen-bond donors (Lipinski definition) is 1. The van der Waals surface area contributed by atoms with E-state index in [9.17, 15) is 4.79 Å². The smallest absolute Gasteiger partial charge is 0.294 e. The molecule has 96 valence electrons. The van der Waals surface area contributed by atoms with Crippen molar-refractivity contribution in [1.82, 2.24) is 14.9 Å². The SMILES string of the molecule is CCOc1nc2ccc(C(=O)N(C)CC)cc2[nH]1. The lowest BCUT2D eigenvalue weighted by atomic mass is 10.2. The van der Waals surface area contributed by atoms with E-state index in [2.05, 4.69) is 9.97 Å². The molecule has 0 saturated carbocycles. The van der Waals surface area contributed by atoms with Crippen molar-refractivity contribution in [2.24, 2.45) is 0 Å². The van der Waals surface area contributed by atoms with Crippen LogP contribution in [0, 0.1) is 0 Å². The first-order valence-corrected chi connectivity index (χ1v) is 6.03. The van der Waals surface area contributed by atoms with E-state index in [0.29, 0.717) is 24.7 Å². The number of amides is 1. The molecule has 1 amide bonds.